The molecule has 0 saturated heterocycles. The molecule has 1 unspecified atom stereocenters. The first-order valence-electron chi connectivity index (χ1n) is 6.59. The molecular formula is C17H13FN2O2. The number of nitrogens with zero attached hydrogens (tertiary/aromatic N) is 1. The van der Waals surface area contributed by atoms with E-state index in [2.05, 4.69) is 5.32 Å². The van der Waals surface area contributed by atoms with Crippen LogP contribution in [0.25, 0.3) is 0 Å². The molecule has 5 heteroatoms. The Kier molecular flexibility index (Phi) is 4.64. The molecule has 22 heavy (non-hydrogen) atoms. The summed E-state index contributed by atoms with van der Waals surface area (Å²) < 4.78 is 12.9. The highest BCUT2D eigenvalue weighted by Gasteiger charge is 2.27. The summed E-state index contributed by atoms with van der Waals surface area (Å²) in [6.07, 6.45) is 0. The van der Waals surface area contributed by atoms with Gasteiger partial charge in [0.1, 0.15) is 5.82 Å². The van der Waals surface area contributed by atoms with Gasteiger partial charge in [-0.25, -0.2) is 4.39 Å². The zero-order chi connectivity index (χ0) is 16.1. The number of ketones is 1. The Hall–Kier alpha value is -3.00. The van der Waals surface area contributed by atoms with Gasteiger partial charge < -0.3 is 5.32 Å². The van der Waals surface area contributed by atoms with Crippen LogP contribution in [-0.4, -0.2) is 11.7 Å². The normalized spacial score (nSPS) is 11.3. The zero-order valence-electron chi connectivity index (χ0n) is 11.8. The van der Waals surface area contributed by atoms with E-state index >= 15 is 0 Å². The number of carbonyl (C=O) groups is 2. The lowest BCUT2D eigenvalue weighted by Crippen LogP contribution is -2.29. The standard InChI is InChI=1S/C17H13FN2O2/c1-11-4-2-3-5-15(11)20-17(22)14(10-19)16(21)12-6-8-13(18)9-7-12/h2-9,14H,1H3,(H,20,22). The minimum Gasteiger partial charge on any atom is -0.324 e. The molecule has 0 aliphatic rings. The van der Waals surface area contributed by atoms with Crippen molar-refractivity contribution >= 4 is 17.4 Å². The number of carbonyl (C=O) groups excluding carboxylic acids is 2. The number of nitrogens with one attached hydrogen (secondary N) is 1. The van der Waals surface area contributed by atoms with E-state index < -0.39 is 23.4 Å². The molecule has 2 aromatic carbocycles. The highest BCUT2D eigenvalue weighted by atomic mass is 19.1. The van der Waals surface area contributed by atoms with Gasteiger partial charge in [-0.15, -0.1) is 0 Å². The molecule has 0 aliphatic heterocycles. The zero-order valence-corrected chi connectivity index (χ0v) is 11.8. The molecule has 0 bridgehead atoms. The maximum Gasteiger partial charge on any atom is 0.249 e. The van der Waals surface area contributed by atoms with Crippen molar-refractivity contribution < 1.29 is 14.0 Å². The SMILES string of the molecule is Cc1ccccc1NC(=O)C(C#N)C(=O)c1ccc(F)cc1. The van der Waals surface area contributed by atoms with Crippen LogP contribution in [-0.2, 0) is 4.79 Å². The average Bonchev–Trinajstić information content (AvgIpc) is 2.51. The van der Waals surface area contributed by atoms with Crippen molar-refractivity contribution in [1.82, 2.24) is 0 Å². The number of benzene rings is 2. The van der Waals surface area contributed by atoms with Gasteiger partial charge in [-0.2, -0.15) is 5.26 Å². The molecule has 1 amide bonds. The van der Waals surface area contributed by atoms with E-state index in [4.69, 9.17) is 5.26 Å². The summed E-state index contributed by atoms with van der Waals surface area (Å²) >= 11 is 0. The van der Waals surface area contributed by atoms with Gasteiger partial charge in [0.25, 0.3) is 0 Å². The van der Waals surface area contributed by atoms with Crippen molar-refractivity contribution in [2.75, 3.05) is 5.32 Å². The predicted octanol–water partition coefficient (Wildman–Crippen LogP) is 3.10. The summed E-state index contributed by atoms with van der Waals surface area (Å²) in [4.78, 5) is 24.3. The minimum atomic E-state index is -1.48. The van der Waals surface area contributed by atoms with Crippen LogP contribution in [0.4, 0.5) is 10.1 Å². The number of amides is 1. The molecule has 110 valence electrons. The summed E-state index contributed by atoms with van der Waals surface area (Å²) in [5, 5.41) is 11.7. The molecule has 0 aliphatic carbocycles. The second-order valence-electron chi connectivity index (χ2n) is 4.74. The lowest BCUT2D eigenvalue weighted by molar-refractivity contribution is -0.117. The summed E-state index contributed by atoms with van der Waals surface area (Å²) in [6, 6.07) is 13.5. The number of para-hydroxylation sites is 1. The van der Waals surface area contributed by atoms with Crippen LogP contribution in [0.5, 0.6) is 0 Å². The second-order valence-corrected chi connectivity index (χ2v) is 4.74. The summed E-state index contributed by atoms with van der Waals surface area (Å²) in [5.41, 5.74) is 1.48. The first-order chi connectivity index (χ1) is 10.5. The molecule has 1 atom stereocenters. The Labute approximate surface area is 127 Å². The minimum absolute atomic E-state index is 0.118. The highest BCUT2D eigenvalue weighted by Crippen LogP contribution is 2.16. The van der Waals surface area contributed by atoms with Crippen LogP contribution in [0.2, 0.25) is 0 Å². The fraction of sp³-hybridized carbons (Fsp3) is 0.118. The average molecular weight is 296 g/mol. The molecule has 0 radical (unpaired) electrons. The van der Waals surface area contributed by atoms with Crippen molar-refractivity contribution in [1.29, 1.82) is 5.26 Å². The van der Waals surface area contributed by atoms with Gasteiger partial charge in [-0.05, 0) is 42.8 Å². The van der Waals surface area contributed by atoms with E-state index in [0.717, 1.165) is 17.7 Å². The van der Waals surface area contributed by atoms with Gasteiger partial charge >= 0.3 is 0 Å². The number of nitriles is 1. The fourth-order valence-electron chi connectivity index (χ4n) is 1.94. The molecule has 1 N–H and O–H groups in total. The summed E-state index contributed by atoms with van der Waals surface area (Å²) in [6.45, 7) is 1.80. The number of hydrogen-bond acceptors (Lipinski definition) is 3. The van der Waals surface area contributed by atoms with Crippen LogP contribution in [0.3, 0.4) is 0 Å². The van der Waals surface area contributed by atoms with E-state index in [-0.39, 0.29) is 5.56 Å². The van der Waals surface area contributed by atoms with E-state index in [0.29, 0.717) is 5.69 Å². The van der Waals surface area contributed by atoms with E-state index in [1.807, 2.05) is 6.07 Å². The third kappa shape index (κ3) is 3.36. The Morgan fingerprint density at radius 1 is 1.14 bits per heavy atom. The topological polar surface area (TPSA) is 70.0 Å². The highest BCUT2D eigenvalue weighted by molar-refractivity contribution is 6.15. The van der Waals surface area contributed by atoms with Crippen molar-refractivity contribution in [3.05, 3.63) is 65.5 Å². The Balaban J connectivity index is 2.19. The van der Waals surface area contributed by atoms with Crippen LogP contribution >= 0.6 is 0 Å². The number of anilines is 1. The maximum absolute atomic E-state index is 12.9. The molecule has 0 spiro atoms. The molecule has 0 fully saturated rings. The molecule has 0 saturated carbocycles. The lowest BCUT2D eigenvalue weighted by atomic mass is 9.98. The first-order valence-corrected chi connectivity index (χ1v) is 6.59. The monoisotopic (exact) mass is 296 g/mol. The quantitative estimate of drug-likeness (QED) is 0.696. The van der Waals surface area contributed by atoms with Gasteiger partial charge in [0.05, 0.1) is 6.07 Å². The van der Waals surface area contributed by atoms with Gasteiger partial charge in [-0.3, -0.25) is 9.59 Å². The van der Waals surface area contributed by atoms with Crippen LogP contribution in [0, 0.1) is 30.0 Å². The number of rotatable bonds is 4. The van der Waals surface area contributed by atoms with E-state index in [9.17, 15) is 14.0 Å². The van der Waals surface area contributed by atoms with Gasteiger partial charge in [0, 0.05) is 11.3 Å². The molecule has 2 aromatic rings. The third-order valence-electron chi connectivity index (χ3n) is 3.19. The molecule has 0 heterocycles. The van der Waals surface area contributed by atoms with Gasteiger partial charge in [0.2, 0.25) is 5.91 Å². The molecule has 4 nitrogen and oxygen atoms in total. The lowest BCUT2D eigenvalue weighted by Gasteiger charge is -2.11. The Morgan fingerprint density at radius 2 is 1.77 bits per heavy atom. The van der Waals surface area contributed by atoms with E-state index in [1.54, 1.807) is 31.2 Å². The van der Waals surface area contributed by atoms with Crippen molar-refractivity contribution in [2.24, 2.45) is 5.92 Å². The van der Waals surface area contributed by atoms with Crippen LogP contribution < -0.4 is 5.32 Å². The number of halogens is 1. The fourth-order valence-corrected chi connectivity index (χ4v) is 1.94. The van der Waals surface area contributed by atoms with Gasteiger partial charge in [-0.1, -0.05) is 18.2 Å². The number of hydrogen-bond donors (Lipinski definition) is 1. The maximum atomic E-state index is 12.9. The molecule has 2 rings (SSSR count). The second kappa shape index (κ2) is 6.64. The largest absolute Gasteiger partial charge is 0.324 e. The third-order valence-corrected chi connectivity index (χ3v) is 3.19. The smallest absolute Gasteiger partial charge is 0.249 e. The van der Waals surface area contributed by atoms with Crippen molar-refractivity contribution in [3.8, 4) is 6.07 Å². The number of aryl methyl sites for hydroxylation is 1. The predicted molar refractivity (Wildman–Crippen MR) is 79.6 cm³/mol. The van der Waals surface area contributed by atoms with Crippen LogP contribution in [0.15, 0.2) is 48.5 Å². The van der Waals surface area contributed by atoms with E-state index in [1.165, 1.54) is 12.1 Å². The Morgan fingerprint density at radius 3 is 2.36 bits per heavy atom. The molecule has 0 aromatic heterocycles. The number of Topliss-reactive ketones (excluding diaryl/α,β-unsaturated/α-hetero) is 1. The summed E-state index contributed by atoms with van der Waals surface area (Å²) in [7, 11) is 0. The van der Waals surface area contributed by atoms with Crippen molar-refractivity contribution in [2.45, 2.75) is 6.92 Å². The Bertz CT molecular complexity index is 748. The van der Waals surface area contributed by atoms with Gasteiger partial charge in [0.15, 0.2) is 11.7 Å². The summed E-state index contributed by atoms with van der Waals surface area (Å²) in [5.74, 6) is -3.33. The first kappa shape index (κ1) is 15.4. The van der Waals surface area contributed by atoms with Crippen molar-refractivity contribution in [3.63, 3.8) is 0 Å². The van der Waals surface area contributed by atoms with Crippen LogP contribution in [0.1, 0.15) is 15.9 Å². The molecular weight excluding hydrogens is 283 g/mol.